The Hall–Kier alpha value is -1.95. The molecule has 0 atom stereocenters. The van der Waals surface area contributed by atoms with Crippen LogP contribution in [0, 0.1) is 13.8 Å². The molecule has 0 unspecified atom stereocenters. The van der Waals surface area contributed by atoms with Crippen LogP contribution < -0.4 is 5.32 Å². The summed E-state index contributed by atoms with van der Waals surface area (Å²) in [5.74, 6) is 0.350. The number of rotatable bonds is 4. The number of carbonyl (C=O) groups excluding carboxylic acids is 1. The van der Waals surface area contributed by atoms with Crippen molar-refractivity contribution in [3.63, 3.8) is 0 Å². The fraction of sp³-hybridized carbons (Fsp3) is 0.308. The van der Waals surface area contributed by atoms with E-state index in [-0.39, 0.29) is 5.97 Å². The molecule has 0 spiro atoms. The first-order valence-electron chi connectivity index (χ1n) is 5.81. The van der Waals surface area contributed by atoms with Crippen molar-refractivity contribution in [1.82, 2.24) is 9.97 Å². The number of methoxy groups -OCH3 is 1. The summed E-state index contributed by atoms with van der Waals surface area (Å²) < 4.78 is 4.68. The highest BCUT2D eigenvalue weighted by Crippen LogP contribution is 2.13. The van der Waals surface area contributed by atoms with Gasteiger partial charge in [-0.25, -0.2) is 14.8 Å². The van der Waals surface area contributed by atoms with Crippen molar-refractivity contribution in [3.8, 4) is 0 Å². The second-order valence-corrected chi connectivity index (χ2v) is 5.09. The van der Waals surface area contributed by atoms with Crippen molar-refractivity contribution < 1.29 is 9.53 Å². The topological polar surface area (TPSA) is 64.1 Å². The molecule has 0 saturated heterocycles. The minimum absolute atomic E-state index is 0.369. The minimum Gasteiger partial charge on any atom is -0.465 e. The fourth-order valence-electron chi connectivity index (χ4n) is 1.66. The first-order chi connectivity index (χ1) is 9.10. The molecule has 1 N–H and O–H groups in total. The lowest BCUT2D eigenvalue weighted by atomic mass is 10.2. The Balaban J connectivity index is 2.06. The lowest BCUT2D eigenvalue weighted by molar-refractivity contribution is 0.0599. The van der Waals surface area contributed by atoms with Crippen molar-refractivity contribution in [2.24, 2.45) is 0 Å². The van der Waals surface area contributed by atoms with Crippen molar-refractivity contribution in [2.45, 2.75) is 20.4 Å². The lowest BCUT2D eigenvalue weighted by Crippen LogP contribution is -2.08. The van der Waals surface area contributed by atoms with Gasteiger partial charge in [-0.15, -0.1) is 11.3 Å². The van der Waals surface area contributed by atoms with Crippen LogP contribution in [0.4, 0.5) is 5.82 Å². The summed E-state index contributed by atoms with van der Waals surface area (Å²) in [4.78, 5) is 20.1. The smallest absolute Gasteiger partial charge is 0.339 e. The van der Waals surface area contributed by atoms with E-state index in [1.54, 1.807) is 30.4 Å². The molecular weight excluding hydrogens is 262 g/mol. The summed E-state index contributed by atoms with van der Waals surface area (Å²) >= 11 is 1.62. The SMILES string of the molecule is COC(=O)c1ccc(NCc2csc(C)n2)nc1C. The van der Waals surface area contributed by atoms with E-state index in [0.29, 0.717) is 17.8 Å². The third kappa shape index (κ3) is 3.29. The van der Waals surface area contributed by atoms with Gasteiger partial charge in [-0.1, -0.05) is 0 Å². The van der Waals surface area contributed by atoms with E-state index < -0.39 is 0 Å². The number of ether oxygens (including phenoxy) is 1. The second-order valence-electron chi connectivity index (χ2n) is 4.03. The molecule has 19 heavy (non-hydrogen) atoms. The Morgan fingerprint density at radius 3 is 2.74 bits per heavy atom. The number of carbonyl (C=O) groups is 1. The van der Waals surface area contributed by atoms with Gasteiger partial charge in [0, 0.05) is 5.38 Å². The van der Waals surface area contributed by atoms with E-state index in [1.165, 1.54) is 7.11 Å². The number of thiazole rings is 1. The molecule has 2 aromatic rings. The molecule has 100 valence electrons. The van der Waals surface area contributed by atoms with Crippen LogP contribution in [0.2, 0.25) is 0 Å². The standard InChI is InChI=1S/C13H15N3O2S/c1-8-11(13(17)18-3)4-5-12(15-8)14-6-10-7-19-9(2)16-10/h4-5,7H,6H2,1-3H3,(H,14,15). The first-order valence-corrected chi connectivity index (χ1v) is 6.69. The molecule has 2 rings (SSSR count). The summed E-state index contributed by atoms with van der Waals surface area (Å²) in [5.41, 5.74) is 2.11. The highest BCUT2D eigenvalue weighted by atomic mass is 32.1. The van der Waals surface area contributed by atoms with E-state index in [9.17, 15) is 4.79 Å². The summed E-state index contributed by atoms with van der Waals surface area (Å²) in [6, 6.07) is 3.47. The summed E-state index contributed by atoms with van der Waals surface area (Å²) in [7, 11) is 1.36. The Morgan fingerprint density at radius 1 is 1.37 bits per heavy atom. The third-order valence-electron chi connectivity index (χ3n) is 2.61. The van der Waals surface area contributed by atoms with Gasteiger partial charge in [0.05, 0.1) is 35.6 Å². The van der Waals surface area contributed by atoms with Crippen LogP contribution in [0.25, 0.3) is 0 Å². The second kappa shape index (κ2) is 5.79. The fourth-order valence-corrected chi connectivity index (χ4v) is 2.27. The average molecular weight is 277 g/mol. The predicted octanol–water partition coefficient (Wildman–Crippen LogP) is 2.55. The maximum Gasteiger partial charge on any atom is 0.339 e. The number of nitrogens with zero attached hydrogens (tertiary/aromatic N) is 2. The van der Waals surface area contributed by atoms with Crippen LogP contribution in [-0.4, -0.2) is 23.0 Å². The summed E-state index contributed by atoms with van der Waals surface area (Å²) in [6.45, 7) is 4.38. The molecule has 0 fully saturated rings. The Kier molecular flexibility index (Phi) is 4.11. The van der Waals surface area contributed by atoms with E-state index in [1.807, 2.05) is 12.3 Å². The largest absolute Gasteiger partial charge is 0.465 e. The third-order valence-corrected chi connectivity index (χ3v) is 3.43. The van der Waals surface area contributed by atoms with Crippen LogP contribution in [0.1, 0.15) is 26.8 Å². The number of anilines is 1. The molecule has 0 amide bonds. The highest BCUT2D eigenvalue weighted by Gasteiger charge is 2.10. The van der Waals surface area contributed by atoms with Gasteiger partial charge in [-0.2, -0.15) is 0 Å². The quantitative estimate of drug-likeness (QED) is 0.870. The molecule has 0 aliphatic rings. The average Bonchev–Trinajstić information content (AvgIpc) is 2.81. The number of esters is 1. The van der Waals surface area contributed by atoms with Gasteiger partial charge in [-0.3, -0.25) is 0 Å². The van der Waals surface area contributed by atoms with E-state index in [2.05, 4.69) is 20.0 Å². The Labute approximate surface area is 115 Å². The highest BCUT2D eigenvalue weighted by molar-refractivity contribution is 7.09. The molecule has 6 heteroatoms. The Bertz CT molecular complexity index is 595. The van der Waals surface area contributed by atoms with Gasteiger partial charge in [0.15, 0.2) is 0 Å². The van der Waals surface area contributed by atoms with Gasteiger partial charge in [0.1, 0.15) is 5.82 Å². The van der Waals surface area contributed by atoms with Gasteiger partial charge in [0.2, 0.25) is 0 Å². The molecule has 0 aromatic carbocycles. The number of aryl methyl sites for hydroxylation is 2. The molecular formula is C13H15N3O2S. The maximum absolute atomic E-state index is 11.4. The molecule has 0 saturated carbocycles. The zero-order valence-electron chi connectivity index (χ0n) is 11.1. The summed E-state index contributed by atoms with van der Waals surface area (Å²) in [6.07, 6.45) is 0. The molecule has 0 bridgehead atoms. The van der Waals surface area contributed by atoms with Crippen LogP contribution in [-0.2, 0) is 11.3 Å². The van der Waals surface area contributed by atoms with Crippen LogP contribution in [0.15, 0.2) is 17.5 Å². The number of hydrogen-bond acceptors (Lipinski definition) is 6. The normalized spacial score (nSPS) is 10.3. The molecule has 0 aliphatic carbocycles. The van der Waals surface area contributed by atoms with E-state index in [0.717, 1.165) is 16.5 Å². The zero-order chi connectivity index (χ0) is 13.8. The number of aromatic nitrogens is 2. The van der Waals surface area contributed by atoms with E-state index >= 15 is 0 Å². The van der Waals surface area contributed by atoms with Gasteiger partial charge >= 0.3 is 5.97 Å². The van der Waals surface area contributed by atoms with Crippen molar-refractivity contribution in [3.05, 3.63) is 39.5 Å². The maximum atomic E-state index is 11.4. The van der Waals surface area contributed by atoms with Crippen LogP contribution >= 0.6 is 11.3 Å². The lowest BCUT2D eigenvalue weighted by Gasteiger charge is -2.07. The van der Waals surface area contributed by atoms with Crippen molar-refractivity contribution in [1.29, 1.82) is 0 Å². The monoisotopic (exact) mass is 277 g/mol. The zero-order valence-corrected chi connectivity index (χ0v) is 11.9. The van der Waals surface area contributed by atoms with Gasteiger partial charge < -0.3 is 10.1 Å². The number of nitrogens with one attached hydrogen (secondary N) is 1. The number of hydrogen-bond donors (Lipinski definition) is 1. The van der Waals surface area contributed by atoms with Crippen LogP contribution in [0.5, 0.6) is 0 Å². The Morgan fingerprint density at radius 2 is 2.16 bits per heavy atom. The molecule has 0 aliphatic heterocycles. The predicted molar refractivity (Wildman–Crippen MR) is 74.5 cm³/mol. The van der Waals surface area contributed by atoms with Gasteiger partial charge in [0.25, 0.3) is 0 Å². The molecule has 2 aromatic heterocycles. The van der Waals surface area contributed by atoms with Crippen molar-refractivity contribution >= 4 is 23.1 Å². The molecule has 5 nitrogen and oxygen atoms in total. The van der Waals surface area contributed by atoms with Crippen molar-refractivity contribution in [2.75, 3.05) is 12.4 Å². The van der Waals surface area contributed by atoms with Crippen LogP contribution in [0.3, 0.4) is 0 Å². The molecule has 2 heterocycles. The molecule has 0 radical (unpaired) electrons. The minimum atomic E-state index is -0.369. The summed E-state index contributed by atoms with van der Waals surface area (Å²) in [5, 5.41) is 6.24. The number of pyridine rings is 1. The van der Waals surface area contributed by atoms with E-state index in [4.69, 9.17) is 0 Å². The van der Waals surface area contributed by atoms with Gasteiger partial charge in [-0.05, 0) is 26.0 Å². The first kappa shape index (κ1) is 13.5.